The van der Waals surface area contributed by atoms with Crippen molar-refractivity contribution in [3.63, 3.8) is 0 Å². The lowest BCUT2D eigenvalue weighted by Crippen LogP contribution is -2.32. The Labute approximate surface area is 164 Å². The topological polar surface area (TPSA) is 71.4 Å². The fourth-order valence-corrected chi connectivity index (χ4v) is 3.45. The number of hydrogen-bond donors (Lipinski definition) is 1. The summed E-state index contributed by atoms with van der Waals surface area (Å²) in [6.45, 7) is 4.02. The molecule has 1 aromatic carbocycles. The zero-order chi connectivity index (χ0) is 19.3. The maximum atomic E-state index is 10.3. The third-order valence-corrected chi connectivity index (χ3v) is 4.86. The lowest BCUT2D eigenvalue weighted by atomic mass is 10.1. The lowest BCUT2D eigenvalue weighted by Gasteiger charge is -2.27. The van der Waals surface area contributed by atoms with Gasteiger partial charge in [0.1, 0.15) is 17.3 Å². The van der Waals surface area contributed by atoms with Crippen molar-refractivity contribution in [1.82, 2.24) is 15.0 Å². The highest BCUT2D eigenvalue weighted by atomic mass is 16.5. The largest absolute Gasteiger partial charge is 0.508 e. The summed E-state index contributed by atoms with van der Waals surface area (Å²) in [5.74, 6) is 1.70. The molecule has 0 aliphatic carbocycles. The van der Waals surface area contributed by atoms with Gasteiger partial charge in [-0.3, -0.25) is 4.98 Å². The highest BCUT2D eigenvalue weighted by Gasteiger charge is 2.22. The number of para-hydroxylation sites is 1. The number of aromatic nitrogens is 3. The summed E-state index contributed by atoms with van der Waals surface area (Å²) < 4.78 is 5.86. The Morgan fingerprint density at radius 1 is 1.14 bits per heavy atom. The van der Waals surface area contributed by atoms with Crippen LogP contribution in [0.5, 0.6) is 5.75 Å². The molecule has 1 N–H and O–H groups in total. The van der Waals surface area contributed by atoms with Crippen LogP contribution in [0.2, 0.25) is 0 Å². The van der Waals surface area contributed by atoms with Crippen molar-refractivity contribution < 1.29 is 9.84 Å². The first-order valence-corrected chi connectivity index (χ1v) is 9.59. The number of pyridine rings is 1. The van der Waals surface area contributed by atoms with Crippen molar-refractivity contribution in [2.75, 3.05) is 18.1 Å². The summed E-state index contributed by atoms with van der Waals surface area (Å²) in [4.78, 5) is 15.9. The molecule has 3 aromatic rings. The van der Waals surface area contributed by atoms with E-state index in [-0.39, 0.29) is 11.9 Å². The van der Waals surface area contributed by atoms with Crippen molar-refractivity contribution in [3.8, 4) is 17.3 Å². The van der Waals surface area contributed by atoms with Gasteiger partial charge < -0.3 is 14.7 Å². The fourth-order valence-electron chi connectivity index (χ4n) is 3.45. The Bertz CT molecular complexity index is 927. The van der Waals surface area contributed by atoms with Crippen LogP contribution in [-0.4, -0.2) is 39.3 Å². The van der Waals surface area contributed by atoms with Gasteiger partial charge in [0.2, 0.25) is 0 Å². The zero-order valence-corrected chi connectivity index (χ0v) is 16.0. The molecule has 1 atom stereocenters. The average Bonchev–Trinajstić information content (AvgIpc) is 3.22. The molecule has 2 aromatic heterocycles. The normalized spacial score (nSPS) is 16.2. The number of anilines is 1. The van der Waals surface area contributed by atoms with Crippen LogP contribution in [0.3, 0.4) is 0 Å². The molecule has 1 aliphatic heterocycles. The van der Waals surface area contributed by atoms with E-state index in [1.807, 2.05) is 49.4 Å². The molecule has 0 spiro atoms. The van der Waals surface area contributed by atoms with Crippen LogP contribution in [-0.2, 0) is 11.3 Å². The van der Waals surface area contributed by atoms with E-state index in [2.05, 4.69) is 14.9 Å². The van der Waals surface area contributed by atoms with Crippen LogP contribution in [0.15, 0.2) is 54.7 Å². The molecule has 4 rings (SSSR count). The molecule has 6 nitrogen and oxygen atoms in total. The molecule has 0 saturated carbocycles. The number of aryl methyl sites for hydroxylation is 1. The summed E-state index contributed by atoms with van der Waals surface area (Å²) in [5, 5.41) is 10.3. The molecule has 0 bridgehead atoms. The second kappa shape index (κ2) is 8.35. The molecule has 144 valence electrons. The number of rotatable bonds is 6. The number of aromatic hydroxyl groups is 1. The van der Waals surface area contributed by atoms with Gasteiger partial charge in [-0.15, -0.1) is 0 Å². The number of ether oxygens (including phenoxy) is 1. The molecule has 1 aliphatic rings. The predicted octanol–water partition coefficient (Wildman–Crippen LogP) is 3.74. The number of benzene rings is 1. The first-order valence-electron chi connectivity index (χ1n) is 9.59. The Kier molecular flexibility index (Phi) is 5.48. The molecular formula is C22H24N4O2. The van der Waals surface area contributed by atoms with Crippen LogP contribution < -0.4 is 4.90 Å². The molecule has 6 heteroatoms. The van der Waals surface area contributed by atoms with E-state index in [0.29, 0.717) is 18.9 Å². The lowest BCUT2D eigenvalue weighted by molar-refractivity contribution is 0.115. The van der Waals surface area contributed by atoms with Gasteiger partial charge in [-0.1, -0.05) is 24.3 Å². The van der Waals surface area contributed by atoms with Crippen molar-refractivity contribution in [1.29, 1.82) is 0 Å². The van der Waals surface area contributed by atoms with Crippen molar-refractivity contribution in [2.24, 2.45) is 0 Å². The summed E-state index contributed by atoms with van der Waals surface area (Å²) in [6.07, 6.45) is 4.03. The van der Waals surface area contributed by atoms with E-state index < -0.39 is 0 Å². The van der Waals surface area contributed by atoms with Crippen LogP contribution in [0.4, 0.5) is 5.82 Å². The minimum Gasteiger partial charge on any atom is -0.508 e. The third-order valence-electron chi connectivity index (χ3n) is 4.86. The van der Waals surface area contributed by atoms with E-state index in [4.69, 9.17) is 9.72 Å². The Morgan fingerprint density at radius 3 is 2.75 bits per heavy atom. The van der Waals surface area contributed by atoms with Gasteiger partial charge in [0, 0.05) is 43.2 Å². The minimum atomic E-state index is 0.166. The monoisotopic (exact) mass is 376 g/mol. The number of hydrogen-bond acceptors (Lipinski definition) is 6. The number of phenols is 1. The summed E-state index contributed by atoms with van der Waals surface area (Å²) >= 11 is 0. The van der Waals surface area contributed by atoms with Crippen LogP contribution in [0, 0.1) is 6.92 Å². The third kappa shape index (κ3) is 4.28. The van der Waals surface area contributed by atoms with Crippen LogP contribution in [0.25, 0.3) is 11.5 Å². The summed E-state index contributed by atoms with van der Waals surface area (Å²) in [7, 11) is 0. The second-order valence-electron chi connectivity index (χ2n) is 7.05. The molecule has 1 fully saturated rings. The van der Waals surface area contributed by atoms with Crippen molar-refractivity contribution in [2.45, 2.75) is 32.4 Å². The molecule has 3 heterocycles. The van der Waals surface area contributed by atoms with Gasteiger partial charge in [-0.05, 0) is 38.0 Å². The molecule has 0 unspecified atom stereocenters. The Balaban J connectivity index is 1.69. The maximum Gasteiger partial charge on any atom is 0.180 e. The number of nitrogens with zero attached hydrogens (tertiary/aromatic N) is 4. The predicted molar refractivity (Wildman–Crippen MR) is 108 cm³/mol. The van der Waals surface area contributed by atoms with Crippen molar-refractivity contribution in [3.05, 3.63) is 66.0 Å². The SMILES string of the molecule is Cc1cc(N(Cc2ccccc2O)C[C@H]2CCCO2)nc(-c2ccccn2)n1. The van der Waals surface area contributed by atoms with Crippen LogP contribution >= 0.6 is 0 Å². The first-order chi connectivity index (χ1) is 13.7. The molecule has 28 heavy (non-hydrogen) atoms. The van der Waals surface area contributed by atoms with E-state index in [9.17, 15) is 5.11 Å². The fraction of sp³-hybridized carbons (Fsp3) is 0.318. The van der Waals surface area contributed by atoms with Gasteiger partial charge in [-0.2, -0.15) is 0 Å². The average molecular weight is 376 g/mol. The van der Waals surface area contributed by atoms with Crippen molar-refractivity contribution >= 4 is 5.82 Å². The Morgan fingerprint density at radius 2 is 2.00 bits per heavy atom. The minimum absolute atomic E-state index is 0.166. The van der Waals surface area contributed by atoms with Gasteiger partial charge in [0.15, 0.2) is 5.82 Å². The first kappa shape index (κ1) is 18.4. The van der Waals surface area contributed by atoms with Crippen LogP contribution in [0.1, 0.15) is 24.1 Å². The van der Waals surface area contributed by atoms with E-state index in [1.54, 1.807) is 12.3 Å². The number of phenolic OH excluding ortho intramolecular Hbond substituents is 1. The Hall–Kier alpha value is -2.99. The molecular weight excluding hydrogens is 352 g/mol. The highest BCUT2D eigenvalue weighted by molar-refractivity contribution is 5.54. The summed E-state index contributed by atoms with van der Waals surface area (Å²) in [6, 6.07) is 15.1. The molecule has 1 saturated heterocycles. The zero-order valence-electron chi connectivity index (χ0n) is 16.0. The highest BCUT2D eigenvalue weighted by Crippen LogP contribution is 2.25. The van der Waals surface area contributed by atoms with E-state index in [1.165, 1.54) is 0 Å². The standard InChI is InChI=1S/C22H24N4O2/c1-16-13-21(25-22(24-16)19-9-4-5-11-23-19)26(15-18-8-6-12-28-18)14-17-7-2-3-10-20(17)27/h2-5,7,9-11,13,18,27H,6,8,12,14-15H2,1H3/t18-/m1/s1. The second-order valence-corrected chi connectivity index (χ2v) is 7.05. The quantitative estimate of drug-likeness (QED) is 0.707. The summed E-state index contributed by atoms with van der Waals surface area (Å²) in [5.41, 5.74) is 2.48. The molecule has 0 amide bonds. The molecule has 0 radical (unpaired) electrons. The van der Waals surface area contributed by atoms with Gasteiger partial charge >= 0.3 is 0 Å². The van der Waals surface area contributed by atoms with E-state index in [0.717, 1.165) is 42.2 Å². The van der Waals surface area contributed by atoms with E-state index >= 15 is 0 Å². The van der Waals surface area contributed by atoms with Gasteiger partial charge in [0.05, 0.1) is 6.10 Å². The van der Waals surface area contributed by atoms with Gasteiger partial charge in [0.25, 0.3) is 0 Å². The maximum absolute atomic E-state index is 10.3. The smallest absolute Gasteiger partial charge is 0.180 e. The van der Waals surface area contributed by atoms with Gasteiger partial charge in [-0.25, -0.2) is 9.97 Å².